The van der Waals surface area contributed by atoms with Crippen molar-refractivity contribution in [3.05, 3.63) is 29.3 Å². The molecule has 3 N–H and O–H groups in total. The van der Waals surface area contributed by atoms with Gasteiger partial charge in [-0.1, -0.05) is 6.07 Å². The monoisotopic (exact) mass is 417 g/mol. The van der Waals surface area contributed by atoms with Gasteiger partial charge in [0, 0.05) is 25.8 Å². The molecule has 0 bridgehead atoms. The number of benzene rings is 1. The van der Waals surface area contributed by atoms with E-state index in [4.69, 9.17) is 15.2 Å². The van der Waals surface area contributed by atoms with E-state index in [9.17, 15) is 0 Å². The lowest BCUT2D eigenvalue weighted by Gasteiger charge is -2.23. The molecule has 122 valence electrons. The van der Waals surface area contributed by atoms with Crippen LogP contribution < -0.4 is 11.1 Å². The molecule has 1 heterocycles. The Hall–Kier alpha value is -0.860. The Bertz CT molecular complexity index is 542. The predicted molar refractivity (Wildman–Crippen MR) is 99.2 cm³/mol. The summed E-state index contributed by atoms with van der Waals surface area (Å²) in [6, 6.07) is 6.42. The number of nitrogens with two attached hydrogens (primary N) is 1. The molecule has 1 aliphatic carbocycles. The van der Waals surface area contributed by atoms with E-state index in [1.54, 1.807) is 7.11 Å². The second kappa shape index (κ2) is 7.61. The number of hydrogen-bond donors (Lipinski definition) is 2. The normalized spacial score (nSPS) is 24.0. The smallest absolute Gasteiger partial charge is 0.193 e. The molecule has 0 radical (unpaired) electrons. The first-order valence-electron chi connectivity index (χ1n) is 7.52. The molecule has 0 saturated carbocycles. The molecule has 1 unspecified atom stereocenters. The lowest BCUT2D eigenvalue weighted by Crippen LogP contribution is -2.37. The van der Waals surface area contributed by atoms with Gasteiger partial charge in [-0.05, 0) is 42.5 Å². The summed E-state index contributed by atoms with van der Waals surface area (Å²) in [6.45, 7) is 1.83. The van der Waals surface area contributed by atoms with Crippen LogP contribution in [0.4, 0.5) is 5.69 Å². The van der Waals surface area contributed by atoms with E-state index < -0.39 is 0 Å². The van der Waals surface area contributed by atoms with E-state index in [1.165, 1.54) is 24.0 Å². The first-order chi connectivity index (χ1) is 10.2. The van der Waals surface area contributed by atoms with Crippen LogP contribution in [0.25, 0.3) is 0 Å². The molecule has 0 aromatic heterocycles. The number of nitrogens with one attached hydrogen (secondary N) is 1. The lowest BCUT2D eigenvalue weighted by atomic mass is 10.0. The number of aliphatic imine (C=N–C) groups is 1. The molecular formula is C16H24IN3O2. The molecule has 1 saturated heterocycles. The molecule has 3 rings (SSSR count). The number of nitrogens with zero attached hydrogens (tertiary/aromatic N) is 1. The van der Waals surface area contributed by atoms with Crippen LogP contribution in [-0.4, -0.2) is 38.4 Å². The molecule has 0 amide bonds. The summed E-state index contributed by atoms with van der Waals surface area (Å²) in [5.41, 5.74) is 9.55. The van der Waals surface area contributed by atoms with Gasteiger partial charge in [0.1, 0.15) is 5.60 Å². The minimum atomic E-state index is -0.315. The quantitative estimate of drug-likeness (QED) is 0.448. The summed E-state index contributed by atoms with van der Waals surface area (Å²) >= 11 is 0. The molecular weight excluding hydrogens is 393 g/mol. The predicted octanol–water partition coefficient (Wildman–Crippen LogP) is 2.33. The number of aryl methyl sites for hydroxylation is 2. The summed E-state index contributed by atoms with van der Waals surface area (Å²) in [6.07, 6.45) is 4.46. The zero-order valence-corrected chi connectivity index (χ0v) is 15.3. The van der Waals surface area contributed by atoms with E-state index in [0.29, 0.717) is 19.1 Å². The zero-order chi connectivity index (χ0) is 14.7. The molecule has 1 fully saturated rings. The number of halogens is 1. The van der Waals surface area contributed by atoms with Gasteiger partial charge < -0.3 is 20.5 Å². The molecule has 22 heavy (non-hydrogen) atoms. The number of ether oxygens (including phenoxy) is 2. The SMILES string of the molecule is COC1(CN=C(N)Nc2ccc3c(c2)CCC3)CCOC1.I. The Balaban J connectivity index is 0.00000176. The zero-order valence-electron chi connectivity index (χ0n) is 12.9. The molecule has 1 atom stereocenters. The molecule has 0 spiro atoms. The number of guanidine groups is 1. The van der Waals surface area contributed by atoms with Gasteiger partial charge in [-0.3, -0.25) is 4.99 Å². The van der Waals surface area contributed by atoms with Crippen LogP contribution in [0.1, 0.15) is 24.0 Å². The van der Waals surface area contributed by atoms with Crippen molar-refractivity contribution in [3.8, 4) is 0 Å². The maximum atomic E-state index is 5.99. The van der Waals surface area contributed by atoms with Crippen molar-refractivity contribution in [1.29, 1.82) is 0 Å². The molecule has 5 nitrogen and oxygen atoms in total. The van der Waals surface area contributed by atoms with Crippen molar-refractivity contribution in [2.24, 2.45) is 10.7 Å². The number of hydrogen-bond acceptors (Lipinski definition) is 3. The van der Waals surface area contributed by atoms with Gasteiger partial charge in [-0.15, -0.1) is 24.0 Å². The van der Waals surface area contributed by atoms with Gasteiger partial charge >= 0.3 is 0 Å². The topological polar surface area (TPSA) is 68.9 Å². The first kappa shape index (κ1) is 17.5. The third-order valence-corrected chi connectivity index (χ3v) is 4.41. The summed E-state index contributed by atoms with van der Waals surface area (Å²) in [5, 5.41) is 3.17. The van der Waals surface area contributed by atoms with Crippen LogP contribution in [0.5, 0.6) is 0 Å². The van der Waals surface area contributed by atoms with Crippen LogP contribution in [-0.2, 0) is 22.3 Å². The maximum absolute atomic E-state index is 5.99. The first-order valence-corrected chi connectivity index (χ1v) is 7.52. The lowest BCUT2D eigenvalue weighted by molar-refractivity contribution is -0.00900. The third kappa shape index (κ3) is 3.91. The number of rotatable bonds is 4. The van der Waals surface area contributed by atoms with E-state index in [0.717, 1.165) is 25.1 Å². The highest BCUT2D eigenvalue weighted by Gasteiger charge is 2.34. The Labute approximate surface area is 148 Å². The fourth-order valence-electron chi connectivity index (χ4n) is 3.00. The van der Waals surface area contributed by atoms with Gasteiger partial charge in [0.05, 0.1) is 13.2 Å². The number of anilines is 1. The van der Waals surface area contributed by atoms with Crippen molar-refractivity contribution in [3.63, 3.8) is 0 Å². The van der Waals surface area contributed by atoms with Crippen LogP contribution in [0.3, 0.4) is 0 Å². The van der Waals surface area contributed by atoms with Gasteiger partial charge in [-0.25, -0.2) is 0 Å². The maximum Gasteiger partial charge on any atom is 0.193 e. The Morgan fingerprint density at radius 3 is 2.95 bits per heavy atom. The summed E-state index contributed by atoms with van der Waals surface area (Å²) < 4.78 is 10.9. The van der Waals surface area contributed by atoms with E-state index in [1.807, 2.05) is 0 Å². The summed E-state index contributed by atoms with van der Waals surface area (Å²) in [7, 11) is 1.70. The largest absolute Gasteiger partial charge is 0.378 e. The molecule has 1 aromatic rings. The van der Waals surface area contributed by atoms with Gasteiger partial charge in [0.15, 0.2) is 5.96 Å². The van der Waals surface area contributed by atoms with Crippen LogP contribution in [0, 0.1) is 0 Å². The Morgan fingerprint density at radius 2 is 2.23 bits per heavy atom. The van der Waals surface area contributed by atoms with E-state index >= 15 is 0 Å². The Kier molecular flexibility index (Phi) is 6.05. The second-order valence-electron chi connectivity index (χ2n) is 5.85. The molecule has 1 aliphatic heterocycles. The van der Waals surface area contributed by atoms with E-state index in [-0.39, 0.29) is 29.6 Å². The molecule has 2 aliphatic rings. The highest BCUT2D eigenvalue weighted by atomic mass is 127. The van der Waals surface area contributed by atoms with Gasteiger partial charge in [0.2, 0.25) is 0 Å². The van der Waals surface area contributed by atoms with Gasteiger partial charge in [-0.2, -0.15) is 0 Å². The highest BCUT2D eigenvalue weighted by molar-refractivity contribution is 14.0. The molecule has 1 aromatic carbocycles. The van der Waals surface area contributed by atoms with Crippen molar-refractivity contribution >= 4 is 35.6 Å². The standard InChI is InChI=1S/C16H23N3O2.HI/c1-20-16(7-8-21-11-16)10-18-15(17)19-14-6-5-12-3-2-4-13(12)9-14;/h5-6,9H,2-4,7-8,10-11H2,1H3,(H3,17,18,19);1H. The van der Waals surface area contributed by atoms with Crippen LogP contribution in [0.15, 0.2) is 23.2 Å². The summed E-state index contributed by atoms with van der Waals surface area (Å²) in [4.78, 5) is 4.42. The fourth-order valence-corrected chi connectivity index (χ4v) is 3.00. The third-order valence-electron chi connectivity index (χ3n) is 4.41. The number of fused-ring (bicyclic) bond motifs is 1. The fraction of sp³-hybridized carbons (Fsp3) is 0.562. The summed E-state index contributed by atoms with van der Waals surface area (Å²) in [5.74, 6) is 0.427. The average Bonchev–Trinajstić information content (AvgIpc) is 3.14. The minimum Gasteiger partial charge on any atom is -0.378 e. The van der Waals surface area contributed by atoms with E-state index in [2.05, 4.69) is 28.5 Å². The number of methoxy groups -OCH3 is 1. The second-order valence-corrected chi connectivity index (χ2v) is 5.85. The highest BCUT2D eigenvalue weighted by Crippen LogP contribution is 2.25. The van der Waals surface area contributed by atoms with Crippen molar-refractivity contribution < 1.29 is 9.47 Å². The Morgan fingerprint density at radius 1 is 1.41 bits per heavy atom. The van der Waals surface area contributed by atoms with Crippen molar-refractivity contribution in [2.45, 2.75) is 31.3 Å². The van der Waals surface area contributed by atoms with Crippen molar-refractivity contribution in [1.82, 2.24) is 0 Å². The van der Waals surface area contributed by atoms with Crippen LogP contribution in [0.2, 0.25) is 0 Å². The molecule has 6 heteroatoms. The van der Waals surface area contributed by atoms with Gasteiger partial charge in [0.25, 0.3) is 0 Å². The van der Waals surface area contributed by atoms with Crippen LogP contribution >= 0.6 is 24.0 Å². The minimum absolute atomic E-state index is 0. The van der Waals surface area contributed by atoms with Crippen molar-refractivity contribution in [2.75, 3.05) is 32.2 Å². The average molecular weight is 417 g/mol.